The van der Waals surface area contributed by atoms with E-state index in [0.29, 0.717) is 17.7 Å². The van der Waals surface area contributed by atoms with Crippen molar-refractivity contribution >= 4 is 5.91 Å². The third-order valence-corrected chi connectivity index (χ3v) is 4.57. The van der Waals surface area contributed by atoms with Crippen molar-refractivity contribution in [3.8, 4) is 11.3 Å². The SMILES string of the molecule is Cn1cc(CN2CCN(CCC(N)=O)CC2)c(-c2ccccc2F)n1. The lowest BCUT2D eigenvalue weighted by Gasteiger charge is -2.34. The Hall–Kier alpha value is -2.25. The Balaban J connectivity index is 1.65. The summed E-state index contributed by atoms with van der Waals surface area (Å²) in [5, 5.41) is 4.46. The van der Waals surface area contributed by atoms with Crippen molar-refractivity contribution in [1.82, 2.24) is 19.6 Å². The minimum Gasteiger partial charge on any atom is -0.370 e. The zero-order chi connectivity index (χ0) is 17.8. The molecule has 0 aliphatic carbocycles. The zero-order valence-corrected chi connectivity index (χ0v) is 14.5. The fraction of sp³-hybridized carbons (Fsp3) is 0.444. The van der Waals surface area contributed by atoms with E-state index in [1.807, 2.05) is 19.3 Å². The van der Waals surface area contributed by atoms with E-state index in [2.05, 4.69) is 14.9 Å². The summed E-state index contributed by atoms with van der Waals surface area (Å²) in [5.74, 6) is -0.508. The Morgan fingerprint density at radius 3 is 2.56 bits per heavy atom. The summed E-state index contributed by atoms with van der Waals surface area (Å²) in [4.78, 5) is 15.5. The van der Waals surface area contributed by atoms with Crippen LogP contribution in [0.5, 0.6) is 0 Å². The molecule has 0 spiro atoms. The van der Waals surface area contributed by atoms with Crippen LogP contribution in [0.15, 0.2) is 30.5 Å². The number of rotatable bonds is 6. The molecule has 0 saturated carbocycles. The predicted octanol–water partition coefficient (Wildman–Crippen LogP) is 1.22. The molecule has 1 saturated heterocycles. The molecule has 6 nitrogen and oxygen atoms in total. The molecule has 1 amide bonds. The molecule has 0 unspecified atom stereocenters. The van der Waals surface area contributed by atoms with Gasteiger partial charge in [-0.2, -0.15) is 5.10 Å². The van der Waals surface area contributed by atoms with E-state index >= 15 is 0 Å². The molecule has 0 atom stereocenters. The van der Waals surface area contributed by atoms with Crippen molar-refractivity contribution in [2.75, 3.05) is 32.7 Å². The van der Waals surface area contributed by atoms with Crippen LogP contribution in [-0.4, -0.2) is 58.2 Å². The third kappa shape index (κ3) is 4.43. The molecule has 7 heteroatoms. The summed E-state index contributed by atoms with van der Waals surface area (Å²) in [5.41, 5.74) is 7.48. The van der Waals surface area contributed by atoms with Crippen LogP contribution < -0.4 is 5.73 Å². The second kappa shape index (κ2) is 7.76. The van der Waals surface area contributed by atoms with Gasteiger partial charge >= 0.3 is 0 Å². The fourth-order valence-corrected chi connectivity index (χ4v) is 3.21. The highest BCUT2D eigenvalue weighted by atomic mass is 19.1. The van der Waals surface area contributed by atoms with Gasteiger partial charge < -0.3 is 10.6 Å². The van der Waals surface area contributed by atoms with Gasteiger partial charge in [-0.25, -0.2) is 4.39 Å². The number of benzene rings is 1. The lowest BCUT2D eigenvalue weighted by Crippen LogP contribution is -2.46. The molecule has 0 radical (unpaired) electrons. The van der Waals surface area contributed by atoms with E-state index in [-0.39, 0.29) is 11.7 Å². The van der Waals surface area contributed by atoms with Crippen LogP contribution in [0.25, 0.3) is 11.3 Å². The van der Waals surface area contributed by atoms with Gasteiger partial charge in [-0.1, -0.05) is 12.1 Å². The van der Waals surface area contributed by atoms with Gasteiger partial charge in [-0.15, -0.1) is 0 Å². The Morgan fingerprint density at radius 1 is 1.20 bits per heavy atom. The van der Waals surface area contributed by atoms with Gasteiger partial charge in [0.2, 0.25) is 5.91 Å². The molecule has 1 fully saturated rings. The molecule has 134 valence electrons. The Morgan fingerprint density at radius 2 is 1.88 bits per heavy atom. The summed E-state index contributed by atoms with van der Waals surface area (Å²) in [6.07, 6.45) is 2.36. The van der Waals surface area contributed by atoms with Crippen LogP contribution in [0.3, 0.4) is 0 Å². The van der Waals surface area contributed by atoms with Crippen molar-refractivity contribution in [2.24, 2.45) is 12.8 Å². The van der Waals surface area contributed by atoms with Gasteiger partial charge in [0.1, 0.15) is 5.82 Å². The van der Waals surface area contributed by atoms with Gasteiger partial charge in [0.25, 0.3) is 0 Å². The molecule has 1 aliphatic rings. The van der Waals surface area contributed by atoms with E-state index in [0.717, 1.165) is 44.8 Å². The van der Waals surface area contributed by atoms with Crippen LogP contribution in [0, 0.1) is 5.82 Å². The normalized spacial score (nSPS) is 16.2. The zero-order valence-electron chi connectivity index (χ0n) is 14.5. The first-order chi connectivity index (χ1) is 12.0. The number of nitrogens with two attached hydrogens (primary N) is 1. The predicted molar refractivity (Wildman–Crippen MR) is 94.1 cm³/mol. The van der Waals surface area contributed by atoms with E-state index in [1.165, 1.54) is 6.07 Å². The second-order valence-electron chi connectivity index (χ2n) is 6.49. The van der Waals surface area contributed by atoms with E-state index in [4.69, 9.17) is 5.73 Å². The van der Waals surface area contributed by atoms with Crippen LogP contribution >= 0.6 is 0 Å². The molecule has 0 bridgehead atoms. The van der Waals surface area contributed by atoms with Gasteiger partial charge in [0.05, 0.1) is 5.69 Å². The van der Waals surface area contributed by atoms with Crippen molar-refractivity contribution in [3.05, 3.63) is 41.8 Å². The molecular weight excluding hydrogens is 321 g/mol. The average Bonchev–Trinajstić information content (AvgIpc) is 2.95. The largest absolute Gasteiger partial charge is 0.370 e. The molecule has 2 aromatic rings. The molecule has 1 aromatic heterocycles. The molecule has 2 N–H and O–H groups in total. The van der Waals surface area contributed by atoms with Crippen LogP contribution in [-0.2, 0) is 18.4 Å². The number of carbonyl (C=O) groups excluding carboxylic acids is 1. The summed E-state index contributed by atoms with van der Waals surface area (Å²) in [6.45, 7) is 5.08. The van der Waals surface area contributed by atoms with Crippen LogP contribution in [0.2, 0.25) is 0 Å². The minimum atomic E-state index is -0.257. The Bertz CT molecular complexity index is 737. The first-order valence-corrected chi connectivity index (χ1v) is 8.53. The second-order valence-corrected chi connectivity index (χ2v) is 6.49. The number of carbonyl (C=O) groups is 1. The standard InChI is InChI=1S/C18H24FN5O/c1-22-12-14(18(21-22)15-4-2-3-5-16(15)19)13-24-10-8-23(9-11-24)7-6-17(20)25/h2-5,12H,6-11,13H2,1H3,(H2,20,25). The van der Waals surface area contributed by atoms with Crippen molar-refractivity contribution in [3.63, 3.8) is 0 Å². The molecule has 25 heavy (non-hydrogen) atoms. The summed E-state index contributed by atoms with van der Waals surface area (Å²) in [6, 6.07) is 6.75. The van der Waals surface area contributed by atoms with Gasteiger partial charge in [-0.3, -0.25) is 14.4 Å². The number of primary amides is 1. The monoisotopic (exact) mass is 345 g/mol. The van der Waals surface area contributed by atoms with Crippen molar-refractivity contribution in [1.29, 1.82) is 0 Å². The van der Waals surface area contributed by atoms with Gasteiger partial charge in [-0.05, 0) is 12.1 Å². The maximum absolute atomic E-state index is 14.1. The van der Waals surface area contributed by atoms with Crippen LogP contribution in [0.4, 0.5) is 4.39 Å². The quantitative estimate of drug-likeness (QED) is 0.855. The highest BCUT2D eigenvalue weighted by Crippen LogP contribution is 2.25. The maximum atomic E-state index is 14.1. The highest BCUT2D eigenvalue weighted by molar-refractivity contribution is 5.73. The molecular formula is C18H24FN5O. The topological polar surface area (TPSA) is 67.4 Å². The lowest BCUT2D eigenvalue weighted by molar-refractivity contribution is -0.118. The third-order valence-electron chi connectivity index (χ3n) is 4.57. The number of hydrogen-bond acceptors (Lipinski definition) is 4. The lowest BCUT2D eigenvalue weighted by atomic mass is 10.1. The first-order valence-electron chi connectivity index (χ1n) is 8.53. The molecule has 1 aliphatic heterocycles. The highest BCUT2D eigenvalue weighted by Gasteiger charge is 2.20. The van der Waals surface area contributed by atoms with Crippen molar-refractivity contribution < 1.29 is 9.18 Å². The molecule has 2 heterocycles. The summed E-state index contributed by atoms with van der Waals surface area (Å²) >= 11 is 0. The maximum Gasteiger partial charge on any atom is 0.218 e. The van der Waals surface area contributed by atoms with E-state index < -0.39 is 0 Å². The fourth-order valence-electron chi connectivity index (χ4n) is 3.21. The minimum absolute atomic E-state index is 0.251. The number of halogens is 1. The number of piperazine rings is 1. The van der Waals surface area contributed by atoms with Gasteiger partial charge in [0.15, 0.2) is 0 Å². The molecule has 3 rings (SSSR count). The van der Waals surface area contributed by atoms with Crippen LogP contribution in [0.1, 0.15) is 12.0 Å². The smallest absolute Gasteiger partial charge is 0.218 e. The Kier molecular flexibility index (Phi) is 5.45. The summed E-state index contributed by atoms with van der Waals surface area (Å²) < 4.78 is 15.9. The number of aryl methyl sites for hydroxylation is 1. The number of amides is 1. The molecule has 1 aromatic carbocycles. The summed E-state index contributed by atoms with van der Waals surface area (Å²) in [7, 11) is 1.86. The van der Waals surface area contributed by atoms with Gasteiger partial charge in [0, 0.05) is 70.1 Å². The number of hydrogen-bond donors (Lipinski definition) is 1. The average molecular weight is 345 g/mol. The van der Waals surface area contributed by atoms with E-state index in [1.54, 1.807) is 16.8 Å². The number of aromatic nitrogens is 2. The Labute approximate surface area is 147 Å². The first kappa shape index (κ1) is 17.6. The van der Waals surface area contributed by atoms with E-state index in [9.17, 15) is 9.18 Å². The van der Waals surface area contributed by atoms with Crippen molar-refractivity contribution in [2.45, 2.75) is 13.0 Å². The number of nitrogens with zero attached hydrogens (tertiary/aromatic N) is 4.